The molecule has 17 heavy (non-hydrogen) atoms. The summed E-state index contributed by atoms with van der Waals surface area (Å²) in [4.78, 5) is 0. The van der Waals surface area contributed by atoms with E-state index < -0.39 is 11.0 Å². The molecule has 98 valence electrons. The smallest absolute Gasteiger partial charge is 0.171 e. The van der Waals surface area contributed by atoms with Crippen molar-refractivity contribution in [2.24, 2.45) is 0 Å². The van der Waals surface area contributed by atoms with Crippen LogP contribution >= 0.6 is 0 Å². The van der Waals surface area contributed by atoms with Crippen LogP contribution < -0.4 is 0 Å². The molecule has 1 atom stereocenters. The zero-order chi connectivity index (χ0) is 11.7. The second kappa shape index (κ2) is 4.96. The molecule has 5 heteroatoms. The topological polar surface area (TPSA) is 38.8 Å². The van der Waals surface area contributed by atoms with E-state index >= 15 is 0 Å². The Morgan fingerprint density at radius 1 is 1.06 bits per heavy atom. The van der Waals surface area contributed by atoms with Crippen molar-refractivity contribution >= 4 is 11.0 Å². The van der Waals surface area contributed by atoms with Crippen molar-refractivity contribution in [3.05, 3.63) is 0 Å². The van der Waals surface area contributed by atoms with E-state index in [0.717, 1.165) is 38.8 Å². The summed E-state index contributed by atoms with van der Waals surface area (Å²) in [7, 11) is -0.776. The molecule has 3 aliphatic rings. The van der Waals surface area contributed by atoms with Gasteiger partial charge >= 0.3 is 0 Å². The molecular weight excluding hydrogens is 238 g/mol. The second-order valence-electron chi connectivity index (χ2n) is 5.22. The average Bonchev–Trinajstić information content (AvgIpc) is 3.01. The zero-order valence-electron chi connectivity index (χ0n) is 10.2. The van der Waals surface area contributed by atoms with Crippen molar-refractivity contribution in [3.63, 3.8) is 0 Å². The Morgan fingerprint density at radius 3 is 2.24 bits per heavy atom. The number of rotatable bonds is 2. The van der Waals surface area contributed by atoms with Crippen LogP contribution in [-0.4, -0.2) is 45.9 Å². The van der Waals surface area contributed by atoms with Gasteiger partial charge in [0.25, 0.3) is 0 Å². The Morgan fingerprint density at radius 2 is 1.65 bits per heavy atom. The number of nitrogens with zero attached hydrogens (tertiary/aromatic N) is 1. The van der Waals surface area contributed by atoms with Gasteiger partial charge in [-0.15, -0.1) is 0 Å². The first kappa shape index (κ1) is 12.1. The molecule has 0 amide bonds. The van der Waals surface area contributed by atoms with Crippen LogP contribution in [0.15, 0.2) is 0 Å². The van der Waals surface area contributed by atoms with E-state index in [4.69, 9.17) is 9.47 Å². The fourth-order valence-corrected chi connectivity index (χ4v) is 4.79. The van der Waals surface area contributed by atoms with Gasteiger partial charge in [-0.05, 0) is 12.8 Å². The van der Waals surface area contributed by atoms with Gasteiger partial charge in [0.1, 0.15) is 0 Å². The summed E-state index contributed by atoms with van der Waals surface area (Å²) in [5, 5.41) is 0.412. The molecule has 1 unspecified atom stereocenters. The largest absolute Gasteiger partial charge is 0.347 e. The van der Waals surface area contributed by atoms with Gasteiger partial charge in [0.2, 0.25) is 0 Å². The monoisotopic (exact) mass is 259 g/mol. The van der Waals surface area contributed by atoms with Crippen LogP contribution in [0.3, 0.4) is 0 Å². The third-order valence-corrected chi connectivity index (χ3v) is 6.06. The van der Waals surface area contributed by atoms with Crippen molar-refractivity contribution in [1.29, 1.82) is 0 Å². The molecular formula is C12H21NO3S. The average molecular weight is 259 g/mol. The molecule has 3 rings (SSSR count). The first-order valence-corrected chi connectivity index (χ1v) is 7.90. The van der Waals surface area contributed by atoms with E-state index in [1.807, 2.05) is 0 Å². The SMILES string of the molecule is O=S(C1CCCC1)N1CCC2(CC1)OCCO2. The van der Waals surface area contributed by atoms with Gasteiger partial charge in [-0.2, -0.15) is 0 Å². The molecule has 0 aromatic rings. The minimum absolute atomic E-state index is 0.337. The summed E-state index contributed by atoms with van der Waals surface area (Å²) in [5.74, 6) is -0.337. The molecule has 0 bridgehead atoms. The third kappa shape index (κ3) is 2.43. The summed E-state index contributed by atoms with van der Waals surface area (Å²) < 4.78 is 25.9. The molecule has 2 aliphatic heterocycles. The lowest BCUT2D eigenvalue weighted by atomic mass is 10.1. The first-order chi connectivity index (χ1) is 8.29. The lowest BCUT2D eigenvalue weighted by molar-refractivity contribution is -0.179. The highest BCUT2D eigenvalue weighted by molar-refractivity contribution is 7.83. The molecule has 3 fully saturated rings. The zero-order valence-corrected chi connectivity index (χ0v) is 11.0. The highest BCUT2D eigenvalue weighted by Crippen LogP contribution is 2.33. The van der Waals surface area contributed by atoms with E-state index in [-0.39, 0.29) is 5.79 Å². The summed E-state index contributed by atoms with van der Waals surface area (Å²) in [5.41, 5.74) is 0. The normalized spacial score (nSPS) is 32.2. The summed E-state index contributed by atoms with van der Waals surface area (Å²) >= 11 is 0. The number of hydrogen-bond acceptors (Lipinski definition) is 3. The predicted octanol–water partition coefficient (Wildman–Crippen LogP) is 1.43. The van der Waals surface area contributed by atoms with Crippen LogP contribution in [0.1, 0.15) is 38.5 Å². The molecule has 0 N–H and O–H groups in total. The molecule has 4 nitrogen and oxygen atoms in total. The van der Waals surface area contributed by atoms with Crippen molar-refractivity contribution < 1.29 is 13.7 Å². The van der Waals surface area contributed by atoms with Crippen LogP contribution in [0.25, 0.3) is 0 Å². The number of piperidine rings is 1. The Kier molecular flexibility index (Phi) is 3.52. The first-order valence-electron chi connectivity index (χ1n) is 6.73. The molecule has 1 aliphatic carbocycles. The highest BCUT2D eigenvalue weighted by Gasteiger charge is 2.41. The van der Waals surface area contributed by atoms with Gasteiger partial charge in [-0.25, -0.2) is 8.51 Å². The Labute approximate surface area is 105 Å². The van der Waals surface area contributed by atoms with Gasteiger partial charge < -0.3 is 9.47 Å². The third-order valence-electron chi connectivity index (χ3n) is 4.14. The standard InChI is InChI=1S/C12H21NO3S/c14-17(11-3-1-2-4-11)13-7-5-12(6-8-13)15-9-10-16-12/h11H,1-10H2. The predicted molar refractivity (Wildman–Crippen MR) is 65.8 cm³/mol. The van der Waals surface area contributed by atoms with Gasteiger partial charge in [0, 0.05) is 31.2 Å². The summed E-state index contributed by atoms with van der Waals surface area (Å²) in [6.45, 7) is 3.13. The van der Waals surface area contributed by atoms with E-state index in [9.17, 15) is 4.21 Å². The lowest BCUT2D eigenvalue weighted by Gasteiger charge is -2.37. The van der Waals surface area contributed by atoms with Crippen LogP contribution in [0.2, 0.25) is 0 Å². The Hall–Kier alpha value is 0.0300. The fraction of sp³-hybridized carbons (Fsp3) is 1.00. The second-order valence-corrected chi connectivity index (χ2v) is 6.95. The van der Waals surface area contributed by atoms with Gasteiger partial charge in [0.15, 0.2) is 5.79 Å². The van der Waals surface area contributed by atoms with E-state index in [1.54, 1.807) is 0 Å². The fourth-order valence-electron chi connectivity index (χ4n) is 3.09. The van der Waals surface area contributed by atoms with Crippen LogP contribution in [0.4, 0.5) is 0 Å². The molecule has 2 saturated heterocycles. The minimum Gasteiger partial charge on any atom is -0.347 e. The molecule has 0 aromatic heterocycles. The quantitative estimate of drug-likeness (QED) is 0.753. The van der Waals surface area contributed by atoms with E-state index in [0.29, 0.717) is 18.5 Å². The molecule has 0 radical (unpaired) electrons. The van der Waals surface area contributed by atoms with Crippen LogP contribution in [0.5, 0.6) is 0 Å². The van der Waals surface area contributed by atoms with Crippen LogP contribution in [0, 0.1) is 0 Å². The van der Waals surface area contributed by atoms with Gasteiger partial charge in [-0.1, -0.05) is 12.8 Å². The Balaban J connectivity index is 1.55. The van der Waals surface area contributed by atoms with Crippen LogP contribution in [-0.2, 0) is 20.5 Å². The summed E-state index contributed by atoms with van der Waals surface area (Å²) in [6, 6.07) is 0. The maximum Gasteiger partial charge on any atom is 0.171 e. The molecule has 1 spiro atoms. The number of ether oxygens (including phenoxy) is 2. The van der Waals surface area contributed by atoms with E-state index in [1.165, 1.54) is 12.8 Å². The van der Waals surface area contributed by atoms with Crippen molar-refractivity contribution in [3.8, 4) is 0 Å². The van der Waals surface area contributed by atoms with Gasteiger partial charge in [-0.3, -0.25) is 0 Å². The van der Waals surface area contributed by atoms with Gasteiger partial charge in [0.05, 0.1) is 24.2 Å². The maximum atomic E-state index is 12.4. The molecule has 0 aromatic carbocycles. The van der Waals surface area contributed by atoms with Crippen molar-refractivity contribution in [2.45, 2.75) is 49.6 Å². The maximum absolute atomic E-state index is 12.4. The van der Waals surface area contributed by atoms with E-state index in [2.05, 4.69) is 4.31 Å². The summed E-state index contributed by atoms with van der Waals surface area (Å²) in [6.07, 6.45) is 6.51. The van der Waals surface area contributed by atoms with Crippen molar-refractivity contribution in [2.75, 3.05) is 26.3 Å². The minimum atomic E-state index is -0.776. The number of hydrogen-bond donors (Lipinski definition) is 0. The lowest BCUT2D eigenvalue weighted by Crippen LogP contribution is -2.47. The van der Waals surface area contributed by atoms with Crippen molar-refractivity contribution in [1.82, 2.24) is 4.31 Å². The molecule has 1 saturated carbocycles. The molecule has 2 heterocycles. The highest BCUT2D eigenvalue weighted by atomic mass is 32.2. The Bertz CT molecular complexity index is 288.